The van der Waals surface area contributed by atoms with Crippen molar-refractivity contribution in [3.8, 4) is 5.75 Å². The lowest BCUT2D eigenvalue weighted by atomic mass is 9.85. The number of carbonyl (C=O) groups excluding carboxylic acids is 2. The molecule has 0 spiro atoms. The van der Waals surface area contributed by atoms with Crippen molar-refractivity contribution < 1.29 is 14.3 Å². The van der Waals surface area contributed by atoms with E-state index in [0.717, 1.165) is 28.3 Å². The van der Waals surface area contributed by atoms with E-state index in [-0.39, 0.29) is 35.5 Å². The van der Waals surface area contributed by atoms with Crippen LogP contribution >= 0.6 is 11.6 Å². The molecule has 5 nitrogen and oxygen atoms in total. The first-order valence-corrected chi connectivity index (χ1v) is 10.1. The molecule has 5 rings (SSSR count). The first-order valence-electron chi connectivity index (χ1n) is 9.67. The second kappa shape index (κ2) is 7.16. The maximum absolute atomic E-state index is 12.6. The number of allylic oxidation sites excluding steroid dienone is 2. The summed E-state index contributed by atoms with van der Waals surface area (Å²) in [5, 5.41) is 5.95. The molecule has 0 N–H and O–H groups in total. The number of nitrogens with zero attached hydrogens (tertiary/aromatic N) is 2. The Labute approximate surface area is 173 Å². The Bertz CT molecular complexity index is 983. The van der Waals surface area contributed by atoms with Crippen LogP contribution in [-0.4, -0.2) is 23.0 Å². The van der Waals surface area contributed by atoms with Gasteiger partial charge in [0.05, 0.1) is 18.1 Å². The molecular formula is C23H19ClN2O3. The van der Waals surface area contributed by atoms with Crippen molar-refractivity contribution in [1.82, 2.24) is 5.01 Å². The molecule has 0 radical (unpaired) electrons. The molecule has 3 aliphatic rings. The fraction of sp³-hybridized carbons (Fsp3) is 0.261. The van der Waals surface area contributed by atoms with Gasteiger partial charge in [0.25, 0.3) is 11.8 Å². The third-order valence-electron chi connectivity index (χ3n) is 5.97. The van der Waals surface area contributed by atoms with Gasteiger partial charge in [-0.15, -0.1) is 0 Å². The van der Waals surface area contributed by atoms with Crippen LogP contribution in [-0.2, 0) is 16.2 Å². The molecular weight excluding hydrogens is 388 g/mol. The average molecular weight is 407 g/mol. The van der Waals surface area contributed by atoms with E-state index in [1.165, 1.54) is 0 Å². The minimum Gasteiger partial charge on any atom is -0.489 e. The van der Waals surface area contributed by atoms with E-state index in [0.29, 0.717) is 11.6 Å². The summed E-state index contributed by atoms with van der Waals surface area (Å²) in [7, 11) is 0. The first-order chi connectivity index (χ1) is 14.1. The maximum Gasteiger partial charge on any atom is 0.254 e. The highest BCUT2D eigenvalue weighted by Crippen LogP contribution is 2.52. The zero-order valence-electron chi connectivity index (χ0n) is 15.6. The highest BCUT2D eigenvalue weighted by atomic mass is 35.5. The number of ether oxygens (including phenoxy) is 1. The Morgan fingerprint density at radius 1 is 0.966 bits per heavy atom. The van der Waals surface area contributed by atoms with Crippen LogP contribution in [0.4, 0.5) is 0 Å². The van der Waals surface area contributed by atoms with Crippen LogP contribution in [0.1, 0.15) is 17.5 Å². The van der Waals surface area contributed by atoms with E-state index in [1.807, 2.05) is 48.5 Å². The van der Waals surface area contributed by atoms with Gasteiger partial charge in [0.2, 0.25) is 0 Å². The topological polar surface area (TPSA) is 59.0 Å². The second-order valence-electron chi connectivity index (χ2n) is 7.72. The SMILES string of the molecule is O=C1C2C3C=CC(C3)C2C(=O)N1N=Cc1ccc(OCc2ccc(Cl)cc2)cc1. The number of fused-ring (bicyclic) bond motifs is 5. The molecule has 1 saturated carbocycles. The zero-order valence-corrected chi connectivity index (χ0v) is 16.3. The van der Waals surface area contributed by atoms with Gasteiger partial charge in [0.15, 0.2) is 0 Å². The molecule has 0 aromatic heterocycles. The Balaban J connectivity index is 1.22. The van der Waals surface area contributed by atoms with Gasteiger partial charge in [0, 0.05) is 5.02 Å². The van der Waals surface area contributed by atoms with Crippen LogP contribution in [0.3, 0.4) is 0 Å². The van der Waals surface area contributed by atoms with E-state index in [9.17, 15) is 9.59 Å². The van der Waals surface area contributed by atoms with Crippen LogP contribution in [0.15, 0.2) is 65.8 Å². The average Bonchev–Trinajstić information content (AvgIpc) is 3.41. The number of amides is 2. The van der Waals surface area contributed by atoms with Gasteiger partial charge < -0.3 is 4.74 Å². The highest BCUT2D eigenvalue weighted by molar-refractivity contribution is 6.30. The molecule has 1 heterocycles. The van der Waals surface area contributed by atoms with Crippen LogP contribution in [0.25, 0.3) is 0 Å². The summed E-state index contributed by atoms with van der Waals surface area (Å²) >= 11 is 5.88. The molecule has 4 atom stereocenters. The van der Waals surface area contributed by atoms with Crippen LogP contribution in [0.5, 0.6) is 5.75 Å². The van der Waals surface area contributed by atoms with Crippen molar-refractivity contribution in [2.75, 3.05) is 0 Å². The van der Waals surface area contributed by atoms with Gasteiger partial charge in [-0.05, 0) is 65.8 Å². The number of halogens is 1. The van der Waals surface area contributed by atoms with Crippen molar-refractivity contribution in [2.24, 2.45) is 28.8 Å². The third-order valence-corrected chi connectivity index (χ3v) is 6.22. The van der Waals surface area contributed by atoms with Crippen molar-refractivity contribution in [3.63, 3.8) is 0 Å². The Morgan fingerprint density at radius 2 is 1.59 bits per heavy atom. The Morgan fingerprint density at radius 3 is 2.21 bits per heavy atom. The number of hydrogen-bond donors (Lipinski definition) is 0. The summed E-state index contributed by atoms with van der Waals surface area (Å²) in [4.78, 5) is 25.3. The Hall–Kier alpha value is -2.92. The quantitative estimate of drug-likeness (QED) is 0.427. The number of hydrazone groups is 1. The molecule has 2 aromatic rings. The van der Waals surface area contributed by atoms with Crippen LogP contribution in [0, 0.1) is 23.7 Å². The van der Waals surface area contributed by atoms with E-state index in [2.05, 4.69) is 17.3 Å². The maximum atomic E-state index is 12.6. The Kier molecular flexibility index (Phi) is 4.47. The van der Waals surface area contributed by atoms with E-state index in [4.69, 9.17) is 16.3 Å². The van der Waals surface area contributed by atoms with Gasteiger partial charge in [0.1, 0.15) is 12.4 Å². The summed E-state index contributed by atoms with van der Waals surface area (Å²) in [6, 6.07) is 14.9. The zero-order chi connectivity index (χ0) is 20.0. The number of imide groups is 1. The molecule has 1 aliphatic heterocycles. The lowest BCUT2D eigenvalue weighted by Crippen LogP contribution is -2.28. The van der Waals surface area contributed by atoms with Gasteiger partial charge in [-0.1, -0.05) is 35.9 Å². The number of carbonyl (C=O) groups is 2. The third kappa shape index (κ3) is 3.25. The van der Waals surface area contributed by atoms with Gasteiger partial charge in [-0.2, -0.15) is 10.1 Å². The fourth-order valence-electron chi connectivity index (χ4n) is 4.52. The number of benzene rings is 2. The van der Waals surface area contributed by atoms with Crippen LogP contribution < -0.4 is 4.74 Å². The summed E-state index contributed by atoms with van der Waals surface area (Å²) in [5.74, 6) is 0.323. The van der Waals surface area contributed by atoms with Crippen molar-refractivity contribution in [2.45, 2.75) is 13.0 Å². The lowest BCUT2D eigenvalue weighted by molar-refractivity contribution is -0.140. The molecule has 146 valence electrons. The van der Waals surface area contributed by atoms with Crippen LogP contribution in [0.2, 0.25) is 5.02 Å². The molecule has 6 heteroatoms. The summed E-state index contributed by atoms with van der Waals surface area (Å²) < 4.78 is 5.77. The van der Waals surface area contributed by atoms with E-state index < -0.39 is 0 Å². The number of rotatable bonds is 5. The smallest absolute Gasteiger partial charge is 0.254 e. The summed E-state index contributed by atoms with van der Waals surface area (Å²) in [6.07, 6.45) is 6.62. The molecule has 29 heavy (non-hydrogen) atoms. The molecule has 2 aliphatic carbocycles. The monoisotopic (exact) mass is 406 g/mol. The summed E-state index contributed by atoms with van der Waals surface area (Å²) in [5.41, 5.74) is 1.82. The standard InChI is InChI=1S/C23H19ClN2O3/c24-18-7-1-15(2-8-18)13-29-19-9-3-14(4-10-19)12-25-26-22(27)20-16-5-6-17(11-16)21(20)23(26)28/h1-10,12,16-17,20-21H,11,13H2. The first kappa shape index (κ1) is 18.1. The lowest BCUT2D eigenvalue weighted by Gasteiger charge is -2.13. The minimum atomic E-state index is -0.224. The molecule has 2 fully saturated rings. The fourth-order valence-corrected chi connectivity index (χ4v) is 4.65. The largest absolute Gasteiger partial charge is 0.489 e. The normalized spacial score (nSPS) is 27.3. The second-order valence-corrected chi connectivity index (χ2v) is 8.15. The van der Waals surface area contributed by atoms with E-state index >= 15 is 0 Å². The molecule has 1 saturated heterocycles. The van der Waals surface area contributed by atoms with Gasteiger partial charge in [-0.3, -0.25) is 9.59 Å². The highest BCUT2D eigenvalue weighted by Gasteiger charge is 2.59. The predicted octanol–water partition coefficient (Wildman–Crippen LogP) is 4.06. The number of hydrogen-bond acceptors (Lipinski definition) is 4. The van der Waals surface area contributed by atoms with Crippen molar-refractivity contribution in [1.29, 1.82) is 0 Å². The minimum absolute atomic E-state index is 0.170. The van der Waals surface area contributed by atoms with Gasteiger partial charge >= 0.3 is 0 Å². The summed E-state index contributed by atoms with van der Waals surface area (Å²) in [6.45, 7) is 0.445. The molecule has 2 bridgehead atoms. The van der Waals surface area contributed by atoms with Crippen molar-refractivity contribution in [3.05, 3.63) is 76.8 Å². The van der Waals surface area contributed by atoms with E-state index in [1.54, 1.807) is 6.21 Å². The molecule has 4 unspecified atom stereocenters. The molecule has 2 aromatic carbocycles. The molecule has 2 amide bonds. The van der Waals surface area contributed by atoms with Gasteiger partial charge in [-0.25, -0.2) is 0 Å². The predicted molar refractivity (Wildman–Crippen MR) is 109 cm³/mol. The van der Waals surface area contributed by atoms with Crippen molar-refractivity contribution >= 4 is 29.6 Å².